The molecule has 6 heteroatoms. The van der Waals surface area contributed by atoms with Gasteiger partial charge < -0.3 is 13.7 Å². The molecule has 0 unspecified atom stereocenters. The first kappa shape index (κ1) is 42.2. The van der Waals surface area contributed by atoms with Crippen LogP contribution in [0.4, 0.5) is 0 Å². The van der Waals surface area contributed by atoms with Crippen molar-refractivity contribution in [3.8, 4) is 56.7 Å². The predicted molar refractivity (Wildman–Crippen MR) is 316 cm³/mol. The van der Waals surface area contributed by atoms with Crippen molar-refractivity contribution in [3.63, 3.8) is 0 Å². The van der Waals surface area contributed by atoms with Gasteiger partial charge in [-0.1, -0.05) is 164 Å². The number of hydrogen-bond donors (Lipinski definition) is 0. The third-order valence-electron chi connectivity index (χ3n) is 15.6. The predicted octanol–water partition coefficient (Wildman–Crippen LogP) is 17.9. The van der Waals surface area contributed by atoms with Crippen molar-refractivity contribution in [2.24, 2.45) is 0 Å². The topological polar surface area (TPSA) is 45.5 Å². The third-order valence-corrected chi connectivity index (χ3v) is 15.6. The maximum Gasteiger partial charge on any atom is 0.235 e. The summed E-state index contributed by atoms with van der Waals surface area (Å²) in [6.07, 6.45) is 0. The van der Waals surface area contributed by atoms with Crippen molar-refractivity contribution in [1.82, 2.24) is 28.2 Å². The molecule has 0 aliphatic heterocycles. The minimum atomic E-state index is 0.616. The number of rotatable bonds is 7. The summed E-state index contributed by atoms with van der Waals surface area (Å²) >= 11 is 0. The van der Waals surface area contributed by atoms with E-state index in [-0.39, 0.29) is 0 Å². The SMILES string of the molecule is c1ccc(-c2cc(-c3cccc(-n4c5ccccc5c5cc(-n6c7ccccc7c7ccccc76)ccc54)c3)nc(-n3c4ccccc4c4cc(-c5ccc6c(c5)c5ccccc5n6-c5ccccc5)ccc43)n2)cc1. The van der Waals surface area contributed by atoms with Gasteiger partial charge in [-0.15, -0.1) is 0 Å². The highest BCUT2D eigenvalue weighted by atomic mass is 15.2. The van der Waals surface area contributed by atoms with Gasteiger partial charge in [0.25, 0.3) is 0 Å². The fourth-order valence-corrected chi connectivity index (χ4v) is 12.2. The van der Waals surface area contributed by atoms with Crippen LogP contribution in [0.25, 0.3) is 144 Å². The van der Waals surface area contributed by atoms with Crippen LogP contribution in [0.3, 0.4) is 0 Å². The normalized spacial score (nSPS) is 11.9. The van der Waals surface area contributed by atoms with Crippen molar-refractivity contribution in [2.45, 2.75) is 0 Å². The van der Waals surface area contributed by atoms with Gasteiger partial charge in [0.15, 0.2) is 0 Å². The van der Waals surface area contributed by atoms with E-state index in [1.165, 1.54) is 59.9 Å². The van der Waals surface area contributed by atoms with Crippen molar-refractivity contribution >= 4 is 87.2 Å². The van der Waals surface area contributed by atoms with Crippen LogP contribution in [0.15, 0.2) is 267 Å². The second-order valence-corrected chi connectivity index (χ2v) is 19.8. The molecule has 0 fully saturated rings. The lowest BCUT2D eigenvalue weighted by Crippen LogP contribution is -2.04. The van der Waals surface area contributed by atoms with Crippen LogP contribution in [-0.4, -0.2) is 28.2 Å². The Morgan fingerprint density at radius 3 is 1.09 bits per heavy atom. The molecule has 0 spiro atoms. The van der Waals surface area contributed by atoms with E-state index in [1.807, 2.05) is 0 Å². The number of nitrogens with zero attached hydrogens (tertiary/aromatic N) is 6. The summed E-state index contributed by atoms with van der Waals surface area (Å²) < 4.78 is 9.41. The first-order valence-corrected chi connectivity index (χ1v) is 25.9. The summed E-state index contributed by atoms with van der Waals surface area (Å²) in [7, 11) is 0. The summed E-state index contributed by atoms with van der Waals surface area (Å²) in [6, 6.07) is 96.2. The number of aromatic nitrogens is 6. The zero-order chi connectivity index (χ0) is 49.8. The maximum atomic E-state index is 5.52. The first-order chi connectivity index (χ1) is 37.7. The van der Waals surface area contributed by atoms with E-state index >= 15 is 0 Å². The van der Waals surface area contributed by atoms with Crippen molar-refractivity contribution < 1.29 is 0 Å². The molecule has 0 aliphatic carbocycles. The zero-order valence-corrected chi connectivity index (χ0v) is 41.1. The standard InChI is InChI=1S/C70H44N6/c1-3-18-45(19-4-1)60-44-61(48-20-17-23-50(40-48)74-65-32-15-10-28-56(65)59-43-51(36-39-68(59)74)75-62-29-12-7-24-52(62)53-25-8-13-30-63(53)75)72-70(71-60)76-66-33-16-11-27-55(66)58-42-47(35-38-69(58)76)46-34-37-67-57(41-46)54-26-9-14-31-64(54)73(67)49-21-5-2-6-22-49/h1-44H. The van der Waals surface area contributed by atoms with Crippen LogP contribution in [0, 0.1) is 0 Å². The molecule has 16 rings (SSSR count). The number of benzene rings is 11. The van der Waals surface area contributed by atoms with Crippen LogP contribution in [0.5, 0.6) is 0 Å². The molecule has 0 amide bonds. The van der Waals surface area contributed by atoms with Gasteiger partial charge >= 0.3 is 0 Å². The Morgan fingerprint density at radius 2 is 0.553 bits per heavy atom. The minimum Gasteiger partial charge on any atom is -0.309 e. The lowest BCUT2D eigenvalue weighted by atomic mass is 10.0. The van der Waals surface area contributed by atoms with Crippen molar-refractivity contribution in [2.75, 3.05) is 0 Å². The Bertz CT molecular complexity index is 4940. The third kappa shape index (κ3) is 6.41. The second kappa shape index (κ2) is 16.6. The van der Waals surface area contributed by atoms with Crippen LogP contribution in [0.1, 0.15) is 0 Å². The minimum absolute atomic E-state index is 0.616. The van der Waals surface area contributed by atoms with E-state index in [4.69, 9.17) is 9.97 Å². The van der Waals surface area contributed by atoms with Gasteiger partial charge in [-0.2, -0.15) is 0 Å². The monoisotopic (exact) mass is 968 g/mol. The molecule has 0 atom stereocenters. The van der Waals surface area contributed by atoms with E-state index in [1.54, 1.807) is 0 Å². The zero-order valence-electron chi connectivity index (χ0n) is 41.1. The Labute approximate surface area is 436 Å². The van der Waals surface area contributed by atoms with Gasteiger partial charge in [-0.3, -0.25) is 4.57 Å². The summed E-state index contributed by atoms with van der Waals surface area (Å²) in [4.78, 5) is 10.9. The second-order valence-electron chi connectivity index (χ2n) is 19.8. The molecule has 354 valence electrons. The Hall–Kier alpha value is -10.3. The van der Waals surface area contributed by atoms with Crippen LogP contribution < -0.4 is 0 Å². The molecule has 5 aromatic heterocycles. The molecular formula is C70H44N6. The van der Waals surface area contributed by atoms with Crippen molar-refractivity contribution in [3.05, 3.63) is 267 Å². The molecule has 6 nitrogen and oxygen atoms in total. The van der Waals surface area contributed by atoms with Crippen LogP contribution in [0.2, 0.25) is 0 Å². The lowest BCUT2D eigenvalue weighted by Gasteiger charge is -2.14. The van der Waals surface area contributed by atoms with Gasteiger partial charge in [-0.25, -0.2) is 9.97 Å². The molecule has 0 aliphatic rings. The van der Waals surface area contributed by atoms with E-state index in [2.05, 4.69) is 285 Å². The quantitative estimate of drug-likeness (QED) is 0.160. The van der Waals surface area contributed by atoms with Gasteiger partial charge in [-0.05, 0) is 114 Å². The smallest absolute Gasteiger partial charge is 0.235 e. The highest BCUT2D eigenvalue weighted by Crippen LogP contribution is 2.41. The van der Waals surface area contributed by atoms with Gasteiger partial charge in [0, 0.05) is 71.3 Å². The highest BCUT2D eigenvalue weighted by molar-refractivity contribution is 6.14. The largest absolute Gasteiger partial charge is 0.309 e. The molecule has 0 bridgehead atoms. The number of para-hydroxylation sites is 6. The van der Waals surface area contributed by atoms with E-state index < -0.39 is 0 Å². The maximum absolute atomic E-state index is 5.52. The first-order valence-electron chi connectivity index (χ1n) is 25.9. The molecular weight excluding hydrogens is 925 g/mol. The molecule has 5 heterocycles. The van der Waals surface area contributed by atoms with Gasteiger partial charge in [0.1, 0.15) is 0 Å². The molecule has 16 aromatic rings. The Morgan fingerprint density at radius 1 is 0.197 bits per heavy atom. The molecule has 0 saturated carbocycles. The Kier molecular flexibility index (Phi) is 9.23. The fraction of sp³-hybridized carbons (Fsp3) is 0. The van der Waals surface area contributed by atoms with Crippen molar-refractivity contribution in [1.29, 1.82) is 0 Å². The lowest BCUT2D eigenvalue weighted by molar-refractivity contribution is 0.995. The average molecular weight is 969 g/mol. The molecule has 0 saturated heterocycles. The molecule has 76 heavy (non-hydrogen) atoms. The summed E-state index contributed by atoms with van der Waals surface area (Å²) in [6.45, 7) is 0. The summed E-state index contributed by atoms with van der Waals surface area (Å²) in [5.41, 5.74) is 18.5. The van der Waals surface area contributed by atoms with E-state index in [0.29, 0.717) is 5.95 Å². The van der Waals surface area contributed by atoms with Gasteiger partial charge in [0.2, 0.25) is 5.95 Å². The van der Waals surface area contributed by atoms with Gasteiger partial charge in [0.05, 0.1) is 55.5 Å². The van der Waals surface area contributed by atoms with Crippen LogP contribution in [-0.2, 0) is 0 Å². The molecule has 0 N–H and O–H groups in total. The summed E-state index contributed by atoms with van der Waals surface area (Å²) in [5.74, 6) is 0.616. The summed E-state index contributed by atoms with van der Waals surface area (Å²) in [5, 5.41) is 9.65. The number of fused-ring (bicyclic) bond motifs is 12. The Balaban J connectivity index is 0.842. The molecule has 0 radical (unpaired) electrons. The highest BCUT2D eigenvalue weighted by Gasteiger charge is 2.21. The van der Waals surface area contributed by atoms with Crippen LogP contribution >= 0.6 is 0 Å². The fourth-order valence-electron chi connectivity index (χ4n) is 12.2. The average Bonchev–Trinajstić information content (AvgIpc) is 4.29. The van der Waals surface area contributed by atoms with E-state index in [9.17, 15) is 0 Å². The van der Waals surface area contributed by atoms with E-state index in [0.717, 1.165) is 78.0 Å². The number of hydrogen-bond acceptors (Lipinski definition) is 2. The molecule has 11 aromatic carbocycles.